The van der Waals surface area contributed by atoms with Crippen LogP contribution in [-0.2, 0) is 0 Å². The van der Waals surface area contributed by atoms with E-state index >= 15 is 0 Å². The predicted molar refractivity (Wildman–Crippen MR) is 66.2 cm³/mol. The molecule has 2 nitrogen and oxygen atoms in total. The molecule has 0 amide bonds. The highest BCUT2D eigenvalue weighted by atomic mass is 79.9. The van der Waals surface area contributed by atoms with Crippen LogP contribution < -0.4 is 5.32 Å². The third-order valence-corrected chi connectivity index (χ3v) is 3.07. The number of nitrogens with one attached hydrogen (secondary N) is 1. The molecule has 0 aliphatic heterocycles. The molecule has 0 fully saturated rings. The Kier molecular flexibility index (Phi) is 3.75. The number of halogens is 5. The molecule has 1 N–H and O–H groups in total. The lowest BCUT2D eigenvalue weighted by Crippen LogP contribution is -2.06. The summed E-state index contributed by atoms with van der Waals surface area (Å²) in [6.07, 6.45) is 0. The molecule has 1 aromatic carbocycles. The molecular formula is C12H7BrF4N2. The maximum Gasteiger partial charge on any atom is 0.253 e. The highest BCUT2D eigenvalue weighted by Crippen LogP contribution is 2.30. The van der Waals surface area contributed by atoms with Crippen molar-refractivity contribution in [1.82, 2.24) is 4.98 Å². The van der Waals surface area contributed by atoms with Gasteiger partial charge in [-0.2, -0.15) is 22.5 Å². The minimum absolute atomic E-state index is 0.280. The van der Waals surface area contributed by atoms with E-state index in [1.54, 1.807) is 25.1 Å². The van der Waals surface area contributed by atoms with Crippen molar-refractivity contribution < 1.29 is 17.6 Å². The average Bonchev–Trinajstić information content (AvgIpc) is 2.36. The largest absolute Gasteiger partial charge is 0.350 e. The third-order valence-electron chi connectivity index (χ3n) is 2.38. The fraction of sp³-hybridized carbons (Fsp3) is 0.0833. The van der Waals surface area contributed by atoms with Crippen LogP contribution in [0.2, 0.25) is 0 Å². The summed E-state index contributed by atoms with van der Waals surface area (Å²) in [5.41, 5.74) is 0.167. The topological polar surface area (TPSA) is 24.9 Å². The molecule has 0 spiro atoms. The Hall–Kier alpha value is -1.63. The third kappa shape index (κ3) is 2.70. The molecule has 0 saturated carbocycles. The quantitative estimate of drug-likeness (QED) is 0.648. The molecule has 19 heavy (non-hydrogen) atoms. The Bertz CT molecular complexity index is 620. The Balaban J connectivity index is 2.52. The fourth-order valence-corrected chi connectivity index (χ4v) is 1.81. The lowest BCUT2D eigenvalue weighted by Gasteiger charge is -2.11. The molecule has 0 bridgehead atoms. The van der Waals surface area contributed by atoms with Crippen LogP contribution in [0.4, 0.5) is 28.9 Å². The van der Waals surface area contributed by atoms with Gasteiger partial charge in [-0.05, 0) is 40.5 Å². The second-order valence-corrected chi connectivity index (χ2v) is 4.66. The Morgan fingerprint density at radius 3 is 2.21 bits per heavy atom. The van der Waals surface area contributed by atoms with Gasteiger partial charge in [0.05, 0.1) is 5.69 Å². The van der Waals surface area contributed by atoms with E-state index in [4.69, 9.17) is 0 Å². The van der Waals surface area contributed by atoms with Crippen molar-refractivity contribution in [3.63, 3.8) is 0 Å². The van der Waals surface area contributed by atoms with Gasteiger partial charge >= 0.3 is 0 Å². The number of anilines is 2. The monoisotopic (exact) mass is 334 g/mol. The second kappa shape index (κ2) is 5.16. The summed E-state index contributed by atoms with van der Waals surface area (Å²) < 4.78 is 53.3. The van der Waals surface area contributed by atoms with Crippen LogP contribution >= 0.6 is 15.9 Å². The number of benzene rings is 1. The van der Waals surface area contributed by atoms with Crippen LogP contribution in [0.15, 0.2) is 22.7 Å². The summed E-state index contributed by atoms with van der Waals surface area (Å²) in [5.74, 6) is -6.56. The first-order valence-corrected chi connectivity index (χ1v) is 5.92. The van der Waals surface area contributed by atoms with Crippen molar-refractivity contribution in [2.75, 3.05) is 5.32 Å². The van der Waals surface area contributed by atoms with E-state index in [1.165, 1.54) is 0 Å². The number of aryl methyl sites for hydroxylation is 1. The van der Waals surface area contributed by atoms with Crippen LogP contribution in [-0.4, -0.2) is 4.98 Å². The first-order chi connectivity index (χ1) is 8.90. The van der Waals surface area contributed by atoms with Crippen molar-refractivity contribution in [2.45, 2.75) is 6.92 Å². The van der Waals surface area contributed by atoms with Gasteiger partial charge in [-0.25, -0.2) is 0 Å². The summed E-state index contributed by atoms with van der Waals surface area (Å²) in [5, 5.41) is 2.31. The van der Waals surface area contributed by atoms with E-state index in [1.807, 2.05) is 0 Å². The normalized spacial score (nSPS) is 10.6. The lowest BCUT2D eigenvalue weighted by molar-refractivity contribution is 0.411. The van der Waals surface area contributed by atoms with Gasteiger partial charge < -0.3 is 5.32 Å². The summed E-state index contributed by atoms with van der Waals surface area (Å²) in [6.45, 7) is 1.76. The van der Waals surface area contributed by atoms with E-state index in [2.05, 4.69) is 26.2 Å². The molecule has 0 saturated heterocycles. The second-order valence-electron chi connectivity index (χ2n) is 3.80. The predicted octanol–water partition coefficient (Wildman–Crippen LogP) is 4.45. The number of rotatable bonds is 2. The minimum atomic E-state index is -1.70. The molecular weight excluding hydrogens is 328 g/mol. The number of nitrogens with zero attached hydrogens (tertiary/aromatic N) is 1. The van der Waals surface area contributed by atoms with E-state index in [0.717, 1.165) is 5.56 Å². The zero-order valence-electron chi connectivity index (χ0n) is 9.57. The molecule has 7 heteroatoms. The van der Waals surface area contributed by atoms with Gasteiger partial charge in [0, 0.05) is 4.47 Å². The van der Waals surface area contributed by atoms with Crippen molar-refractivity contribution in [3.8, 4) is 0 Å². The first kappa shape index (κ1) is 13.8. The van der Waals surface area contributed by atoms with E-state index in [0.29, 0.717) is 4.47 Å². The van der Waals surface area contributed by atoms with Gasteiger partial charge in [0.15, 0.2) is 0 Å². The SMILES string of the molecule is Cc1ccc(Br)c(Nc2c(F)c(F)nc(F)c2F)c1. The number of hydrogen-bond donors (Lipinski definition) is 1. The summed E-state index contributed by atoms with van der Waals surface area (Å²) >= 11 is 3.16. The first-order valence-electron chi connectivity index (χ1n) is 5.13. The summed E-state index contributed by atoms with van der Waals surface area (Å²) in [6, 6.07) is 4.97. The minimum Gasteiger partial charge on any atom is -0.350 e. The molecule has 2 aromatic rings. The Labute approximate surface area is 114 Å². The zero-order valence-corrected chi connectivity index (χ0v) is 11.2. The lowest BCUT2D eigenvalue weighted by atomic mass is 10.2. The standard InChI is InChI=1S/C12H7BrF4N2/c1-5-2-3-6(13)7(4-5)18-10-8(14)11(16)19-12(17)9(10)15/h2-4H,1H3,(H,18,19). The number of hydrogen-bond acceptors (Lipinski definition) is 2. The van der Waals surface area contributed by atoms with Crippen molar-refractivity contribution in [2.24, 2.45) is 0 Å². The molecule has 0 aliphatic carbocycles. The fourth-order valence-electron chi connectivity index (χ4n) is 1.47. The van der Waals surface area contributed by atoms with E-state index in [-0.39, 0.29) is 5.69 Å². The van der Waals surface area contributed by atoms with Crippen LogP contribution in [0.1, 0.15) is 5.56 Å². The van der Waals surface area contributed by atoms with Crippen molar-refractivity contribution in [1.29, 1.82) is 0 Å². The molecule has 0 unspecified atom stereocenters. The average molecular weight is 335 g/mol. The van der Waals surface area contributed by atoms with Gasteiger partial charge in [-0.1, -0.05) is 6.07 Å². The van der Waals surface area contributed by atoms with Gasteiger partial charge in [0.2, 0.25) is 11.6 Å². The molecule has 2 rings (SSSR count). The highest BCUT2D eigenvalue weighted by molar-refractivity contribution is 9.10. The molecule has 100 valence electrons. The number of aromatic nitrogens is 1. The Morgan fingerprint density at radius 2 is 1.63 bits per heavy atom. The molecule has 1 aromatic heterocycles. The molecule has 1 heterocycles. The van der Waals surface area contributed by atoms with Crippen molar-refractivity contribution in [3.05, 3.63) is 51.8 Å². The number of pyridine rings is 1. The van der Waals surface area contributed by atoms with Crippen LogP contribution in [0.5, 0.6) is 0 Å². The van der Waals surface area contributed by atoms with Gasteiger partial charge in [-0.15, -0.1) is 0 Å². The molecule has 0 atom stereocenters. The van der Waals surface area contributed by atoms with E-state index in [9.17, 15) is 17.6 Å². The molecule has 0 radical (unpaired) electrons. The van der Waals surface area contributed by atoms with Crippen LogP contribution in [0, 0.1) is 30.5 Å². The molecule has 0 aliphatic rings. The van der Waals surface area contributed by atoms with Crippen LogP contribution in [0.25, 0.3) is 0 Å². The van der Waals surface area contributed by atoms with Gasteiger partial charge in [-0.3, -0.25) is 0 Å². The van der Waals surface area contributed by atoms with Gasteiger partial charge in [0.1, 0.15) is 5.69 Å². The highest BCUT2D eigenvalue weighted by Gasteiger charge is 2.21. The van der Waals surface area contributed by atoms with Crippen LogP contribution in [0.3, 0.4) is 0 Å². The summed E-state index contributed by atoms with van der Waals surface area (Å²) in [4.78, 5) is 2.48. The van der Waals surface area contributed by atoms with Gasteiger partial charge in [0.25, 0.3) is 11.9 Å². The zero-order chi connectivity index (χ0) is 14.2. The Morgan fingerprint density at radius 1 is 1.05 bits per heavy atom. The maximum atomic E-state index is 13.4. The van der Waals surface area contributed by atoms with E-state index < -0.39 is 29.2 Å². The maximum absolute atomic E-state index is 13.4. The smallest absolute Gasteiger partial charge is 0.253 e. The summed E-state index contributed by atoms with van der Waals surface area (Å²) in [7, 11) is 0. The van der Waals surface area contributed by atoms with Crippen molar-refractivity contribution >= 4 is 27.3 Å².